The van der Waals surface area contributed by atoms with Gasteiger partial charge >= 0.3 is 6.09 Å². The summed E-state index contributed by atoms with van der Waals surface area (Å²) in [5.74, 6) is 0.330. The number of hydrogen-bond acceptors (Lipinski definition) is 3. The molecule has 4 nitrogen and oxygen atoms in total. The lowest BCUT2D eigenvalue weighted by atomic mass is 9.65. The predicted octanol–water partition coefficient (Wildman–Crippen LogP) is 4.92. The number of alkyl carbamates (subject to hydrolysis) is 1. The van der Waals surface area contributed by atoms with Crippen molar-refractivity contribution in [3.05, 3.63) is 82.9 Å². The molecule has 0 radical (unpaired) electrons. The van der Waals surface area contributed by atoms with Crippen LogP contribution in [0, 0.1) is 12.3 Å². The van der Waals surface area contributed by atoms with E-state index in [1.807, 2.05) is 30.3 Å². The minimum absolute atomic E-state index is 0.168. The van der Waals surface area contributed by atoms with Gasteiger partial charge in [-0.05, 0) is 66.4 Å². The molecule has 0 heterocycles. The number of hydrogen-bond donors (Lipinski definition) is 2. The van der Waals surface area contributed by atoms with E-state index >= 15 is 0 Å². The van der Waals surface area contributed by atoms with Gasteiger partial charge in [0.2, 0.25) is 0 Å². The summed E-state index contributed by atoms with van der Waals surface area (Å²) in [7, 11) is 0. The fraction of sp³-hybridized carbons (Fsp3) is 0.400. The molecule has 4 atom stereocenters. The second-order valence-corrected chi connectivity index (χ2v) is 9.03. The quantitative estimate of drug-likeness (QED) is 0.733. The summed E-state index contributed by atoms with van der Waals surface area (Å²) in [5.41, 5.74) is 4.55. The molecule has 2 aromatic carbocycles. The van der Waals surface area contributed by atoms with E-state index in [1.54, 1.807) is 0 Å². The molecule has 4 heteroatoms. The Labute approximate surface area is 171 Å². The van der Waals surface area contributed by atoms with Crippen LogP contribution in [0.3, 0.4) is 0 Å². The van der Waals surface area contributed by atoms with Crippen LogP contribution in [0.1, 0.15) is 59.9 Å². The molecule has 150 valence electrons. The first-order chi connectivity index (χ1) is 13.9. The van der Waals surface area contributed by atoms with Gasteiger partial charge in [0, 0.05) is 5.41 Å². The van der Waals surface area contributed by atoms with Crippen molar-refractivity contribution in [2.75, 3.05) is 0 Å². The molecule has 1 spiro atoms. The zero-order chi connectivity index (χ0) is 20.2. The molecule has 1 amide bonds. The molecular formula is C25H27NO3. The third-order valence-electron chi connectivity index (χ3n) is 7.43. The van der Waals surface area contributed by atoms with Gasteiger partial charge in [-0.3, -0.25) is 0 Å². The maximum absolute atomic E-state index is 12.8. The molecule has 29 heavy (non-hydrogen) atoms. The van der Waals surface area contributed by atoms with Crippen molar-refractivity contribution >= 4 is 6.09 Å². The Balaban J connectivity index is 1.46. The highest BCUT2D eigenvalue weighted by Crippen LogP contribution is 2.70. The van der Waals surface area contributed by atoms with E-state index in [1.165, 1.54) is 16.7 Å². The molecule has 0 aliphatic heterocycles. The minimum Gasteiger partial charge on any atom is -0.445 e. The zero-order valence-corrected chi connectivity index (χ0v) is 16.8. The van der Waals surface area contributed by atoms with Crippen molar-refractivity contribution in [2.24, 2.45) is 5.41 Å². The summed E-state index contributed by atoms with van der Waals surface area (Å²) in [6.45, 7) is 6.55. The highest BCUT2D eigenvalue weighted by molar-refractivity contribution is 5.69. The largest absolute Gasteiger partial charge is 0.445 e. The highest BCUT2D eigenvalue weighted by Gasteiger charge is 2.64. The van der Waals surface area contributed by atoms with E-state index in [2.05, 4.69) is 37.0 Å². The SMILES string of the molecule is C=C1C[C@]23C[C@]1(O)CCC2c1cccc(C)c1C3NC(=O)OCc1ccccc1. The Morgan fingerprint density at radius 1 is 1.24 bits per heavy atom. The Bertz CT molecular complexity index is 985. The van der Waals surface area contributed by atoms with Gasteiger partial charge in [0.25, 0.3) is 0 Å². The van der Waals surface area contributed by atoms with Gasteiger partial charge < -0.3 is 15.2 Å². The van der Waals surface area contributed by atoms with E-state index in [4.69, 9.17) is 4.74 Å². The van der Waals surface area contributed by atoms with Crippen LogP contribution in [0.5, 0.6) is 0 Å². The van der Waals surface area contributed by atoms with E-state index in [-0.39, 0.29) is 18.1 Å². The number of aryl methyl sites for hydroxylation is 1. The molecule has 2 bridgehead atoms. The molecule has 2 saturated carbocycles. The molecular weight excluding hydrogens is 362 g/mol. The maximum Gasteiger partial charge on any atom is 0.407 e. The minimum atomic E-state index is -0.805. The van der Waals surface area contributed by atoms with Crippen molar-refractivity contribution < 1.29 is 14.6 Å². The number of amides is 1. The van der Waals surface area contributed by atoms with Crippen molar-refractivity contribution in [1.29, 1.82) is 0 Å². The second-order valence-electron chi connectivity index (χ2n) is 9.03. The molecule has 5 rings (SSSR count). The summed E-state index contributed by atoms with van der Waals surface area (Å²) in [6.07, 6.45) is 2.66. The lowest BCUT2D eigenvalue weighted by Gasteiger charge is -2.42. The summed E-state index contributed by atoms with van der Waals surface area (Å²) in [6, 6.07) is 15.9. The van der Waals surface area contributed by atoms with Gasteiger partial charge in [-0.1, -0.05) is 55.1 Å². The van der Waals surface area contributed by atoms with Crippen LogP contribution in [-0.4, -0.2) is 16.8 Å². The van der Waals surface area contributed by atoms with Gasteiger partial charge in [-0.2, -0.15) is 0 Å². The smallest absolute Gasteiger partial charge is 0.407 e. The van der Waals surface area contributed by atoms with E-state index in [9.17, 15) is 9.90 Å². The molecule has 2 N–H and O–H groups in total. The van der Waals surface area contributed by atoms with Crippen molar-refractivity contribution in [3.63, 3.8) is 0 Å². The van der Waals surface area contributed by atoms with Crippen LogP contribution >= 0.6 is 0 Å². The summed E-state index contributed by atoms with van der Waals surface area (Å²) in [4.78, 5) is 12.8. The molecule has 2 aromatic rings. The summed E-state index contributed by atoms with van der Waals surface area (Å²) < 4.78 is 5.54. The molecule has 3 aliphatic carbocycles. The van der Waals surface area contributed by atoms with Crippen molar-refractivity contribution in [1.82, 2.24) is 5.32 Å². The van der Waals surface area contributed by atoms with Crippen LogP contribution in [0.4, 0.5) is 4.79 Å². The Morgan fingerprint density at radius 3 is 2.83 bits per heavy atom. The molecule has 3 aliphatic rings. The summed E-state index contributed by atoms with van der Waals surface area (Å²) in [5, 5.41) is 14.3. The topological polar surface area (TPSA) is 58.6 Å². The third kappa shape index (κ3) is 2.73. The second kappa shape index (κ2) is 6.46. The summed E-state index contributed by atoms with van der Waals surface area (Å²) >= 11 is 0. The monoisotopic (exact) mass is 389 g/mol. The first kappa shape index (κ1) is 18.4. The standard InChI is InChI=1S/C25H27NO3/c1-16-7-6-10-19-20-11-12-25(28)15-24(20,13-17(25)2)22(21(16)19)26-23(27)29-14-18-8-4-3-5-9-18/h3-10,20,22,28H,2,11-15H2,1H3,(H,26,27)/t20?,22?,24-,25+/m0/s1. The Hall–Kier alpha value is -2.59. The van der Waals surface area contributed by atoms with Crippen LogP contribution in [0.2, 0.25) is 0 Å². The van der Waals surface area contributed by atoms with Gasteiger partial charge in [-0.25, -0.2) is 4.79 Å². The van der Waals surface area contributed by atoms with Gasteiger partial charge in [0.05, 0.1) is 11.6 Å². The van der Waals surface area contributed by atoms with Crippen LogP contribution < -0.4 is 5.32 Å². The average Bonchev–Trinajstić information content (AvgIpc) is 3.08. The van der Waals surface area contributed by atoms with E-state index < -0.39 is 11.7 Å². The fourth-order valence-corrected chi connectivity index (χ4v) is 6.13. The van der Waals surface area contributed by atoms with Crippen LogP contribution in [-0.2, 0) is 11.3 Å². The van der Waals surface area contributed by atoms with Crippen LogP contribution in [0.15, 0.2) is 60.7 Å². The molecule has 0 aromatic heterocycles. The third-order valence-corrected chi connectivity index (χ3v) is 7.43. The number of fused-ring (bicyclic) bond motifs is 3. The average molecular weight is 389 g/mol. The lowest BCUT2D eigenvalue weighted by molar-refractivity contribution is 0.00135. The maximum atomic E-state index is 12.8. The number of carbonyl (C=O) groups is 1. The van der Waals surface area contributed by atoms with Crippen molar-refractivity contribution in [3.8, 4) is 0 Å². The number of benzene rings is 2. The number of rotatable bonds is 3. The first-order valence-electron chi connectivity index (χ1n) is 10.4. The predicted molar refractivity (Wildman–Crippen MR) is 111 cm³/mol. The van der Waals surface area contributed by atoms with Gasteiger partial charge in [-0.15, -0.1) is 0 Å². The Morgan fingerprint density at radius 2 is 2.03 bits per heavy atom. The number of aliphatic hydroxyl groups is 1. The Kier molecular flexibility index (Phi) is 4.11. The zero-order valence-electron chi connectivity index (χ0n) is 16.8. The van der Waals surface area contributed by atoms with Gasteiger partial charge in [0.15, 0.2) is 0 Å². The molecule has 2 fully saturated rings. The lowest BCUT2D eigenvalue weighted by Crippen LogP contribution is -2.43. The number of nitrogens with one attached hydrogen (secondary N) is 1. The van der Waals surface area contributed by atoms with Crippen LogP contribution in [0.25, 0.3) is 0 Å². The number of carbonyl (C=O) groups excluding carboxylic acids is 1. The highest BCUT2D eigenvalue weighted by atomic mass is 16.5. The van der Waals surface area contributed by atoms with Gasteiger partial charge in [0.1, 0.15) is 6.61 Å². The normalized spacial score (nSPS) is 31.9. The fourth-order valence-electron chi connectivity index (χ4n) is 6.13. The van der Waals surface area contributed by atoms with Crippen molar-refractivity contribution in [2.45, 2.75) is 56.8 Å². The first-order valence-corrected chi connectivity index (χ1v) is 10.4. The van der Waals surface area contributed by atoms with E-state index in [0.717, 1.165) is 30.4 Å². The molecule has 2 unspecified atom stereocenters. The van der Waals surface area contributed by atoms with E-state index in [0.29, 0.717) is 12.3 Å². The molecule has 0 saturated heterocycles. The number of ether oxygens (including phenoxy) is 1.